The molecule has 2 unspecified atom stereocenters. The largest absolute Gasteiger partial charge is 0.393 e. The number of aliphatic hydroxyl groups is 1. The van der Waals surface area contributed by atoms with E-state index in [2.05, 4.69) is 0 Å². The first-order valence-corrected chi connectivity index (χ1v) is 4.06. The topological polar surface area (TPSA) is 40.5 Å². The first-order valence-electron chi connectivity index (χ1n) is 4.06. The highest BCUT2D eigenvalue weighted by molar-refractivity contribution is 5.79. The van der Waals surface area contributed by atoms with Crippen LogP contribution in [0.3, 0.4) is 0 Å². The molecule has 0 spiro atoms. The Balaban J connectivity index is 2.58. The number of nitrogens with zero attached hydrogens (tertiary/aromatic N) is 1. The summed E-state index contributed by atoms with van der Waals surface area (Å²) in [6.45, 7) is 2.52. The molecular weight excluding hydrogens is 142 g/mol. The summed E-state index contributed by atoms with van der Waals surface area (Å²) in [5.74, 6) is -0.0694. The Morgan fingerprint density at radius 3 is 2.82 bits per heavy atom. The summed E-state index contributed by atoms with van der Waals surface area (Å²) < 4.78 is 0. The maximum Gasteiger partial charge on any atom is 0.228 e. The van der Waals surface area contributed by atoms with Crippen molar-refractivity contribution < 1.29 is 9.90 Å². The van der Waals surface area contributed by atoms with E-state index in [1.165, 1.54) is 0 Å². The van der Waals surface area contributed by atoms with Crippen molar-refractivity contribution in [3.8, 4) is 0 Å². The Morgan fingerprint density at radius 1 is 1.73 bits per heavy atom. The van der Waals surface area contributed by atoms with Crippen LogP contribution in [0, 0.1) is 5.92 Å². The number of rotatable bonds is 1. The number of likely N-dealkylation sites (tertiary alicyclic amines) is 1. The monoisotopic (exact) mass is 157 g/mol. The lowest BCUT2D eigenvalue weighted by Crippen LogP contribution is -2.42. The molecule has 1 heterocycles. The van der Waals surface area contributed by atoms with Crippen LogP contribution in [-0.4, -0.2) is 35.6 Å². The van der Waals surface area contributed by atoms with E-state index in [1.54, 1.807) is 18.9 Å². The number of aliphatic hydroxyl groups excluding tert-OH is 1. The number of carbonyl (C=O) groups is 1. The molecule has 1 aliphatic heterocycles. The Bertz CT molecular complexity index is 156. The van der Waals surface area contributed by atoms with E-state index >= 15 is 0 Å². The van der Waals surface area contributed by atoms with Gasteiger partial charge in [-0.05, 0) is 19.8 Å². The predicted molar refractivity (Wildman–Crippen MR) is 42.0 cm³/mol. The zero-order valence-corrected chi connectivity index (χ0v) is 7.08. The molecule has 3 heteroatoms. The van der Waals surface area contributed by atoms with Crippen molar-refractivity contribution in [2.75, 3.05) is 13.6 Å². The molecular formula is C8H15NO2. The molecule has 11 heavy (non-hydrogen) atoms. The molecule has 0 aromatic rings. The summed E-state index contributed by atoms with van der Waals surface area (Å²) in [6, 6.07) is 0. The number of hydrogen-bond donors (Lipinski definition) is 1. The van der Waals surface area contributed by atoms with Crippen LogP contribution in [0.1, 0.15) is 19.8 Å². The molecule has 3 nitrogen and oxygen atoms in total. The average molecular weight is 157 g/mol. The normalized spacial score (nSPS) is 28.8. The summed E-state index contributed by atoms with van der Waals surface area (Å²) >= 11 is 0. The first-order chi connectivity index (χ1) is 5.13. The minimum Gasteiger partial charge on any atom is -0.393 e. The smallest absolute Gasteiger partial charge is 0.228 e. The molecule has 64 valence electrons. The van der Waals surface area contributed by atoms with Crippen LogP contribution in [0.25, 0.3) is 0 Å². The lowest BCUT2D eigenvalue weighted by Gasteiger charge is -2.30. The predicted octanol–water partition coefficient (Wildman–Crippen LogP) is 0.236. The fraction of sp³-hybridized carbons (Fsp3) is 0.875. The Kier molecular flexibility index (Phi) is 2.49. The molecule has 0 radical (unpaired) electrons. The molecule has 1 saturated heterocycles. The van der Waals surface area contributed by atoms with E-state index in [1.807, 2.05) is 0 Å². The number of hydrogen-bond acceptors (Lipinski definition) is 2. The lowest BCUT2D eigenvalue weighted by molar-refractivity contribution is -0.140. The van der Waals surface area contributed by atoms with Crippen LogP contribution < -0.4 is 0 Å². The molecule has 0 aromatic carbocycles. The van der Waals surface area contributed by atoms with E-state index in [-0.39, 0.29) is 11.8 Å². The quantitative estimate of drug-likeness (QED) is 0.592. The van der Waals surface area contributed by atoms with E-state index in [0.29, 0.717) is 0 Å². The van der Waals surface area contributed by atoms with Crippen LogP contribution in [0.5, 0.6) is 0 Å². The molecule has 1 fully saturated rings. The van der Waals surface area contributed by atoms with Crippen LogP contribution in [-0.2, 0) is 4.79 Å². The van der Waals surface area contributed by atoms with Crippen molar-refractivity contribution in [1.29, 1.82) is 0 Å². The average Bonchev–Trinajstić information content (AvgIpc) is 1.94. The molecule has 1 N–H and O–H groups in total. The van der Waals surface area contributed by atoms with Gasteiger partial charge in [-0.25, -0.2) is 0 Å². The van der Waals surface area contributed by atoms with Gasteiger partial charge in [-0.1, -0.05) is 0 Å². The summed E-state index contributed by atoms with van der Waals surface area (Å²) in [7, 11) is 1.79. The van der Waals surface area contributed by atoms with Crippen LogP contribution in [0.15, 0.2) is 0 Å². The molecule has 1 amide bonds. The zero-order valence-electron chi connectivity index (χ0n) is 7.08. The third-order valence-corrected chi connectivity index (χ3v) is 2.28. The van der Waals surface area contributed by atoms with Gasteiger partial charge in [-0.15, -0.1) is 0 Å². The van der Waals surface area contributed by atoms with Gasteiger partial charge < -0.3 is 10.0 Å². The fourth-order valence-electron chi connectivity index (χ4n) is 1.51. The molecule has 0 bridgehead atoms. The third kappa shape index (κ3) is 1.71. The van der Waals surface area contributed by atoms with E-state index in [4.69, 9.17) is 0 Å². The second kappa shape index (κ2) is 3.22. The first kappa shape index (κ1) is 8.53. The van der Waals surface area contributed by atoms with Gasteiger partial charge in [-0.2, -0.15) is 0 Å². The highest BCUT2D eigenvalue weighted by Crippen LogP contribution is 2.19. The second-order valence-electron chi connectivity index (χ2n) is 3.25. The minimum absolute atomic E-state index is 0.0891. The summed E-state index contributed by atoms with van der Waals surface area (Å²) in [5.41, 5.74) is 0. The highest BCUT2D eigenvalue weighted by Gasteiger charge is 2.29. The van der Waals surface area contributed by atoms with Gasteiger partial charge in [0.25, 0.3) is 0 Å². The molecule has 0 aliphatic carbocycles. The number of amides is 1. The van der Waals surface area contributed by atoms with Gasteiger partial charge >= 0.3 is 0 Å². The molecule has 0 saturated carbocycles. The molecule has 2 atom stereocenters. The molecule has 0 aromatic heterocycles. The standard InChI is InChI=1S/C8H15NO2/c1-6(10)7-4-3-5-9(2)8(7)11/h6-7,10H,3-5H2,1-2H3. The summed E-state index contributed by atoms with van der Waals surface area (Å²) in [6.07, 6.45) is 1.35. The van der Waals surface area contributed by atoms with Crippen LogP contribution >= 0.6 is 0 Å². The van der Waals surface area contributed by atoms with Gasteiger partial charge in [0.2, 0.25) is 5.91 Å². The van der Waals surface area contributed by atoms with Gasteiger partial charge in [0.05, 0.1) is 12.0 Å². The summed E-state index contributed by atoms with van der Waals surface area (Å²) in [4.78, 5) is 13.0. The second-order valence-corrected chi connectivity index (χ2v) is 3.25. The third-order valence-electron chi connectivity index (χ3n) is 2.28. The zero-order chi connectivity index (χ0) is 8.43. The number of piperidine rings is 1. The van der Waals surface area contributed by atoms with Gasteiger partial charge in [0.15, 0.2) is 0 Å². The number of carbonyl (C=O) groups excluding carboxylic acids is 1. The lowest BCUT2D eigenvalue weighted by atomic mass is 9.93. The van der Waals surface area contributed by atoms with E-state index in [0.717, 1.165) is 19.4 Å². The Labute approximate surface area is 67.0 Å². The fourth-order valence-corrected chi connectivity index (χ4v) is 1.51. The van der Waals surface area contributed by atoms with E-state index < -0.39 is 6.10 Å². The van der Waals surface area contributed by atoms with Gasteiger partial charge in [0.1, 0.15) is 0 Å². The Morgan fingerprint density at radius 2 is 2.36 bits per heavy atom. The van der Waals surface area contributed by atoms with Gasteiger partial charge in [0, 0.05) is 13.6 Å². The maximum atomic E-state index is 11.3. The summed E-state index contributed by atoms with van der Waals surface area (Å²) in [5, 5.41) is 9.22. The van der Waals surface area contributed by atoms with Crippen molar-refractivity contribution in [2.45, 2.75) is 25.9 Å². The van der Waals surface area contributed by atoms with Crippen molar-refractivity contribution in [3.63, 3.8) is 0 Å². The maximum absolute atomic E-state index is 11.3. The SMILES string of the molecule is CC(O)C1CCCN(C)C1=O. The van der Waals surface area contributed by atoms with Crippen molar-refractivity contribution in [2.24, 2.45) is 5.92 Å². The van der Waals surface area contributed by atoms with Crippen LogP contribution in [0.2, 0.25) is 0 Å². The molecule has 1 rings (SSSR count). The van der Waals surface area contributed by atoms with Crippen molar-refractivity contribution in [1.82, 2.24) is 4.90 Å². The Hall–Kier alpha value is -0.570. The minimum atomic E-state index is -0.495. The van der Waals surface area contributed by atoms with Crippen molar-refractivity contribution >= 4 is 5.91 Å². The molecule has 1 aliphatic rings. The van der Waals surface area contributed by atoms with Crippen molar-refractivity contribution in [3.05, 3.63) is 0 Å². The van der Waals surface area contributed by atoms with Crippen LogP contribution in [0.4, 0.5) is 0 Å². The van der Waals surface area contributed by atoms with Gasteiger partial charge in [-0.3, -0.25) is 4.79 Å². The highest BCUT2D eigenvalue weighted by atomic mass is 16.3. The van der Waals surface area contributed by atoms with E-state index in [9.17, 15) is 9.90 Å².